The van der Waals surface area contributed by atoms with Crippen LogP contribution in [-0.4, -0.2) is 96.8 Å². The van der Waals surface area contributed by atoms with Crippen LogP contribution in [0, 0.1) is 0 Å². The molecular formula is C46H90NO11P. The minimum atomic E-state index is -5.07. The van der Waals surface area contributed by atoms with Gasteiger partial charge >= 0.3 is 7.82 Å². The first-order chi connectivity index (χ1) is 28.4. The fourth-order valence-corrected chi connectivity index (χ4v) is 8.81. The Kier molecular flexibility index (Phi) is 34.8. The highest BCUT2D eigenvalue weighted by Crippen LogP contribution is 2.47. The molecule has 1 rings (SSSR count). The molecule has 350 valence electrons. The summed E-state index contributed by atoms with van der Waals surface area (Å²) in [4.78, 5) is 23.4. The van der Waals surface area contributed by atoms with Crippen LogP contribution in [0.5, 0.6) is 0 Å². The number of rotatable bonds is 40. The molecule has 1 saturated carbocycles. The van der Waals surface area contributed by atoms with Crippen molar-refractivity contribution in [2.75, 3.05) is 6.61 Å². The fourth-order valence-electron chi connectivity index (χ4n) is 7.84. The Morgan fingerprint density at radius 1 is 0.559 bits per heavy atom. The lowest BCUT2D eigenvalue weighted by Gasteiger charge is -2.41. The number of carbonyl (C=O) groups is 1. The van der Waals surface area contributed by atoms with Crippen molar-refractivity contribution in [2.24, 2.45) is 0 Å². The van der Waals surface area contributed by atoms with Crippen LogP contribution >= 0.6 is 7.82 Å². The molecule has 7 atom stereocenters. The van der Waals surface area contributed by atoms with E-state index < -0.39 is 63.2 Å². The van der Waals surface area contributed by atoms with E-state index >= 15 is 0 Å². The monoisotopic (exact) mass is 864 g/mol. The van der Waals surface area contributed by atoms with Crippen molar-refractivity contribution in [1.82, 2.24) is 5.32 Å². The maximum absolute atomic E-state index is 12.9. The molecule has 7 unspecified atom stereocenters. The Labute approximate surface area is 359 Å². The molecule has 12 nitrogen and oxygen atoms in total. The summed E-state index contributed by atoms with van der Waals surface area (Å²) >= 11 is 0. The normalized spacial score (nSPS) is 23.1. The van der Waals surface area contributed by atoms with Gasteiger partial charge in [-0.05, 0) is 19.3 Å². The Morgan fingerprint density at radius 2 is 0.898 bits per heavy atom. The third-order valence-electron chi connectivity index (χ3n) is 11.8. The second-order valence-electron chi connectivity index (χ2n) is 17.3. The lowest BCUT2D eigenvalue weighted by molar-refractivity contribution is -0.220. The van der Waals surface area contributed by atoms with Gasteiger partial charge < -0.3 is 40.8 Å². The summed E-state index contributed by atoms with van der Waals surface area (Å²) < 4.78 is 22.9. The summed E-state index contributed by atoms with van der Waals surface area (Å²) in [6.45, 7) is 3.85. The molecule has 0 aliphatic heterocycles. The van der Waals surface area contributed by atoms with Gasteiger partial charge in [0.1, 0.15) is 36.6 Å². The second-order valence-corrected chi connectivity index (χ2v) is 18.7. The molecule has 0 spiro atoms. The zero-order valence-electron chi connectivity index (χ0n) is 37.3. The van der Waals surface area contributed by atoms with Gasteiger partial charge in [0.15, 0.2) is 0 Å². The average molecular weight is 864 g/mol. The molecule has 1 amide bonds. The van der Waals surface area contributed by atoms with E-state index in [-0.39, 0.29) is 12.3 Å². The van der Waals surface area contributed by atoms with Crippen LogP contribution in [0.1, 0.15) is 219 Å². The quantitative estimate of drug-likeness (QED) is 0.0166. The molecule has 8 N–H and O–H groups in total. The molecule has 0 aromatic carbocycles. The summed E-state index contributed by atoms with van der Waals surface area (Å²) in [5.74, 6) is -0.338. The molecule has 1 aliphatic carbocycles. The summed E-state index contributed by atoms with van der Waals surface area (Å²) in [6.07, 6.45) is 28.5. The number of nitrogens with one attached hydrogen (secondary N) is 1. The van der Waals surface area contributed by atoms with Crippen LogP contribution in [-0.2, 0) is 18.4 Å². The molecule has 1 fully saturated rings. The number of aliphatic hydroxyl groups is 6. The maximum Gasteiger partial charge on any atom is 0.472 e. The van der Waals surface area contributed by atoms with Gasteiger partial charge in [-0.15, -0.1) is 0 Å². The minimum Gasteiger partial charge on any atom is -0.387 e. The van der Waals surface area contributed by atoms with E-state index in [1.807, 2.05) is 6.08 Å². The molecular weight excluding hydrogens is 773 g/mol. The van der Waals surface area contributed by atoms with E-state index in [1.54, 1.807) is 0 Å². The molecule has 0 aromatic heterocycles. The van der Waals surface area contributed by atoms with Crippen LogP contribution in [0.15, 0.2) is 12.2 Å². The number of hydrogen-bond acceptors (Lipinski definition) is 10. The standard InChI is InChI=1S/C46H90NO11P/c1-3-5-7-9-11-13-15-17-18-19-20-21-22-24-26-28-30-32-34-36-40(49)47-38(39(48)35-33-31-29-27-25-23-16-14-12-10-8-6-4-2)37-57-59(55,56)58-46-44(53)42(51)41(50)43(52)45(46)54/h33,35,38-39,41-46,48,50-54H,3-32,34,36-37H2,1-2H3,(H,47,49)(H,55,56). The SMILES string of the molecule is CCCCCCCCCCCCCC=CC(O)C(COP(=O)(O)OC1C(O)C(O)C(O)C(O)C1O)NC(=O)CCCCCCCCCCCCCCCCCCCCC. The number of carbonyl (C=O) groups excluding carboxylic acids is 1. The van der Waals surface area contributed by atoms with Gasteiger partial charge in [-0.2, -0.15) is 0 Å². The van der Waals surface area contributed by atoms with Gasteiger partial charge in [0.2, 0.25) is 5.91 Å². The Bertz CT molecular complexity index is 1050. The predicted molar refractivity (Wildman–Crippen MR) is 237 cm³/mol. The summed E-state index contributed by atoms with van der Waals surface area (Å²) in [5.41, 5.74) is 0. The van der Waals surface area contributed by atoms with Crippen LogP contribution in [0.4, 0.5) is 0 Å². The Morgan fingerprint density at radius 3 is 1.29 bits per heavy atom. The van der Waals surface area contributed by atoms with Crippen molar-refractivity contribution in [3.8, 4) is 0 Å². The van der Waals surface area contributed by atoms with E-state index in [9.17, 15) is 44.9 Å². The number of amides is 1. The van der Waals surface area contributed by atoms with Crippen molar-refractivity contribution < 1.29 is 53.9 Å². The highest BCUT2D eigenvalue weighted by atomic mass is 31.2. The topological polar surface area (TPSA) is 206 Å². The molecule has 0 bridgehead atoms. The second kappa shape index (κ2) is 36.6. The van der Waals surface area contributed by atoms with Crippen molar-refractivity contribution in [3.05, 3.63) is 12.2 Å². The summed E-state index contributed by atoms with van der Waals surface area (Å²) in [6, 6.07) is -1.11. The molecule has 13 heteroatoms. The van der Waals surface area contributed by atoms with Crippen molar-refractivity contribution in [2.45, 2.75) is 268 Å². The number of phosphoric acid groups is 1. The first kappa shape index (κ1) is 56.1. The van der Waals surface area contributed by atoms with Gasteiger partial charge in [0, 0.05) is 6.42 Å². The number of aliphatic hydroxyl groups excluding tert-OH is 6. The van der Waals surface area contributed by atoms with E-state index in [0.717, 1.165) is 44.9 Å². The third kappa shape index (κ3) is 28.4. The molecule has 0 saturated heterocycles. The Hall–Kier alpha value is -0.920. The maximum atomic E-state index is 12.9. The summed E-state index contributed by atoms with van der Waals surface area (Å²) in [5, 5.41) is 64.0. The van der Waals surface area contributed by atoms with Gasteiger partial charge in [-0.25, -0.2) is 4.57 Å². The van der Waals surface area contributed by atoms with Gasteiger partial charge in [-0.1, -0.05) is 206 Å². The summed E-state index contributed by atoms with van der Waals surface area (Å²) in [7, 11) is -5.07. The number of allylic oxidation sites excluding steroid dienone is 1. The number of phosphoric ester groups is 1. The lowest BCUT2D eigenvalue weighted by Crippen LogP contribution is -2.64. The molecule has 1 aliphatic rings. The Balaban J connectivity index is 2.44. The van der Waals surface area contributed by atoms with E-state index in [1.165, 1.54) is 154 Å². The molecule has 59 heavy (non-hydrogen) atoms. The largest absolute Gasteiger partial charge is 0.472 e. The van der Waals surface area contributed by atoms with E-state index in [4.69, 9.17) is 9.05 Å². The van der Waals surface area contributed by atoms with Gasteiger partial charge in [0.25, 0.3) is 0 Å². The molecule has 0 heterocycles. The van der Waals surface area contributed by atoms with E-state index in [2.05, 4.69) is 19.2 Å². The first-order valence-electron chi connectivity index (χ1n) is 24.1. The van der Waals surface area contributed by atoms with Crippen LogP contribution < -0.4 is 5.32 Å². The smallest absolute Gasteiger partial charge is 0.387 e. The van der Waals surface area contributed by atoms with Crippen LogP contribution in [0.3, 0.4) is 0 Å². The minimum absolute atomic E-state index is 0.219. The first-order valence-corrected chi connectivity index (χ1v) is 25.6. The van der Waals surface area contributed by atoms with Crippen molar-refractivity contribution in [1.29, 1.82) is 0 Å². The zero-order valence-corrected chi connectivity index (χ0v) is 38.2. The number of hydrogen-bond donors (Lipinski definition) is 8. The predicted octanol–water partition coefficient (Wildman–Crippen LogP) is 9.23. The molecule has 0 radical (unpaired) electrons. The average Bonchev–Trinajstić information content (AvgIpc) is 3.22. The molecule has 0 aromatic rings. The van der Waals surface area contributed by atoms with Crippen LogP contribution in [0.2, 0.25) is 0 Å². The zero-order chi connectivity index (χ0) is 43.6. The highest BCUT2D eigenvalue weighted by Gasteiger charge is 2.51. The number of unbranched alkanes of at least 4 members (excludes halogenated alkanes) is 29. The van der Waals surface area contributed by atoms with Crippen LogP contribution in [0.25, 0.3) is 0 Å². The van der Waals surface area contributed by atoms with Crippen molar-refractivity contribution >= 4 is 13.7 Å². The lowest BCUT2D eigenvalue weighted by atomic mass is 9.85. The van der Waals surface area contributed by atoms with Crippen molar-refractivity contribution in [3.63, 3.8) is 0 Å². The van der Waals surface area contributed by atoms with E-state index in [0.29, 0.717) is 6.42 Å². The third-order valence-corrected chi connectivity index (χ3v) is 12.8. The van der Waals surface area contributed by atoms with Gasteiger partial charge in [0.05, 0.1) is 18.8 Å². The van der Waals surface area contributed by atoms with Gasteiger partial charge in [-0.3, -0.25) is 13.8 Å². The fraction of sp³-hybridized carbons (Fsp3) is 0.935. The highest BCUT2D eigenvalue weighted by molar-refractivity contribution is 7.47.